The van der Waals surface area contributed by atoms with Gasteiger partial charge in [-0.3, -0.25) is 0 Å². The Morgan fingerprint density at radius 1 is 1.09 bits per heavy atom. The summed E-state index contributed by atoms with van der Waals surface area (Å²) in [6.45, 7) is 8.82. The summed E-state index contributed by atoms with van der Waals surface area (Å²) >= 11 is 0. The lowest BCUT2D eigenvalue weighted by molar-refractivity contribution is -0.0219. The Kier molecular flexibility index (Phi) is 6.22. The number of aliphatic hydroxyl groups excluding tert-OH is 1. The number of β-amino-alcohol motifs (C(OH)–C–C–N with tert-alkyl or cyclic N) is 1. The number of hydrogen-bond donors (Lipinski definition) is 2. The van der Waals surface area contributed by atoms with Gasteiger partial charge in [-0.25, -0.2) is 15.0 Å². The van der Waals surface area contributed by atoms with Gasteiger partial charge >= 0.3 is 0 Å². The van der Waals surface area contributed by atoms with Gasteiger partial charge in [0.1, 0.15) is 17.5 Å². The first-order chi connectivity index (χ1) is 16.4. The zero-order valence-corrected chi connectivity index (χ0v) is 20.3. The van der Waals surface area contributed by atoms with Crippen molar-refractivity contribution in [1.82, 2.24) is 19.9 Å². The molecule has 34 heavy (non-hydrogen) atoms. The Hall–Kier alpha value is -3.04. The second kappa shape index (κ2) is 9.31. The minimum Gasteiger partial charge on any atom is -0.389 e. The van der Waals surface area contributed by atoms with Gasteiger partial charge < -0.3 is 25.0 Å². The van der Waals surface area contributed by atoms with Crippen molar-refractivity contribution < 1.29 is 9.84 Å². The first kappa shape index (κ1) is 22.7. The number of aliphatic hydroxyl groups is 1. The molecule has 180 valence electrons. The molecule has 2 N–H and O–H groups in total. The summed E-state index contributed by atoms with van der Waals surface area (Å²) in [5.74, 6) is 3.34. The van der Waals surface area contributed by atoms with Gasteiger partial charge in [-0.1, -0.05) is 13.8 Å². The number of aromatic nitrogens is 4. The largest absolute Gasteiger partial charge is 0.389 e. The number of hydrogen-bond acceptors (Lipinski definition) is 9. The van der Waals surface area contributed by atoms with Gasteiger partial charge in [0.15, 0.2) is 0 Å². The van der Waals surface area contributed by atoms with E-state index in [4.69, 9.17) is 14.7 Å². The molecule has 0 spiro atoms. The first-order valence-corrected chi connectivity index (χ1v) is 12.1. The second-order valence-electron chi connectivity index (χ2n) is 9.58. The highest BCUT2D eigenvalue weighted by Gasteiger charge is 2.29. The third kappa shape index (κ3) is 4.25. The SMILES string of the molecule is CO[C@H]1CCN(c2nccc(Nc3cc4c(C(C)C)cnc(N5CC[C@H]5C)c4cn3)n2)C[C@H]1O. The van der Waals surface area contributed by atoms with Crippen molar-refractivity contribution in [3.63, 3.8) is 0 Å². The van der Waals surface area contributed by atoms with Crippen molar-refractivity contribution in [3.8, 4) is 0 Å². The van der Waals surface area contributed by atoms with E-state index in [9.17, 15) is 5.11 Å². The average Bonchev–Trinajstić information content (AvgIpc) is 2.83. The van der Waals surface area contributed by atoms with Crippen molar-refractivity contribution >= 4 is 34.2 Å². The fourth-order valence-electron chi connectivity index (χ4n) is 4.80. The molecule has 5 heterocycles. The Morgan fingerprint density at radius 3 is 2.62 bits per heavy atom. The van der Waals surface area contributed by atoms with Crippen LogP contribution in [0.2, 0.25) is 0 Å². The highest BCUT2D eigenvalue weighted by molar-refractivity contribution is 5.96. The molecule has 0 unspecified atom stereocenters. The van der Waals surface area contributed by atoms with E-state index < -0.39 is 6.10 Å². The van der Waals surface area contributed by atoms with Gasteiger partial charge in [0.05, 0.1) is 12.2 Å². The van der Waals surface area contributed by atoms with Crippen LogP contribution in [0.15, 0.2) is 30.7 Å². The lowest BCUT2D eigenvalue weighted by Crippen LogP contribution is -2.48. The van der Waals surface area contributed by atoms with E-state index in [0.717, 1.165) is 41.9 Å². The molecular weight excluding hydrogens is 430 g/mol. The van der Waals surface area contributed by atoms with E-state index in [-0.39, 0.29) is 6.10 Å². The minimum atomic E-state index is -0.562. The van der Waals surface area contributed by atoms with Gasteiger partial charge in [0.2, 0.25) is 5.95 Å². The fraction of sp³-hybridized carbons (Fsp3) is 0.520. The molecule has 0 aliphatic carbocycles. The van der Waals surface area contributed by atoms with Crippen LogP contribution < -0.4 is 15.1 Å². The van der Waals surface area contributed by atoms with Crippen LogP contribution in [-0.4, -0.2) is 70.0 Å². The maximum Gasteiger partial charge on any atom is 0.227 e. The fourth-order valence-corrected chi connectivity index (χ4v) is 4.80. The molecule has 2 saturated heterocycles. The number of nitrogens with one attached hydrogen (secondary N) is 1. The maximum atomic E-state index is 10.3. The summed E-state index contributed by atoms with van der Waals surface area (Å²) in [4.78, 5) is 22.9. The van der Waals surface area contributed by atoms with Crippen LogP contribution >= 0.6 is 0 Å². The number of methoxy groups -OCH3 is 1. The van der Waals surface area contributed by atoms with Crippen LogP contribution in [-0.2, 0) is 4.74 Å². The zero-order chi connectivity index (χ0) is 23.8. The van der Waals surface area contributed by atoms with Crippen molar-refractivity contribution in [3.05, 3.63) is 36.3 Å². The van der Waals surface area contributed by atoms with Gasteiger partial charge in [-0.2, -0.15) is 4.98 Å². The summed E-state index contributed by atoms with van der Waals surface area (Å²) in [7, 11) is 1.63. The Labute approximate surface area is 200 Å². The molecule has 2 fully saturated rings. The Balaban J connectivity index is 1.42. The van der Waals surface area contributed by atoms with Gasteiger partial charge in [0, 0.05) is 56.8 Å². The molecule has 3 atom stereocenters. The normalized spacial score (nSPS) is 22.8. The van der Waals surface area contributed by atoms with Crippen LogP contribution in [0, 0.1) is 0 Å². The monoisotopic (exact) mass is 463 g/mol. The molecule has 2 aliphatic heterocycles. The lowest BCUT2D eigenvalue weighted by atomic mass is 9.97. The summed E-state index contributed by atoms with van der Waals surface area (Å²) in [5, 5.41) is 15.9. The van der Waals surface area contributed by atoms with Crippen LogP contribution in [0.5, 0.6) is 0 Å². The highest BCUT2D eigenvalue weighted by Crippen LogP contribution is 2.35. The van der Waals surface area contributed by atoms with Crippen molar-refractivity contribution in [2.75, 3.05) is 41.9 Å². The molecule has 0 saturated carbocycles. The second-order valence-corrected chi connectivity index (χ2v) is 9.58. The topological polar surface area (TPSA) is 99.5 Å². The molecule has 9 nitrogen and oxygen atoms in total. The first-order valence-electron chi connectivity index (χ1n) is 12.1. The lowest BCUT2D eigenvalue weighted by Gasteiger charge is -2.40. The summed E-state index contributed by atoms with van der Waals surface area (Å²) in [6.07, 6.45) is 6.88. The predicted octanol–water partition coefficient (Wildman–Crippen LogP) is 3.47. The molecule has 2 aliphatic rings. The molecule has 3 aromatic rings. The van der Waals surface area contributed by atoms with Gasteiger partial charge in [-0.05, 0) is 48.8 Å². The third-order valence-electron chi connectivity index (χ3n) is 7.00. The number of anilines is 4. The number of piperidine rings is 1. The zero-order valence-electron chi connectivity index (χ0n) is 20.3. The molecule has 0 radical (unpaired) electrons. The maximum absolute atomic E-state index is 10.3. The molecule has 0 bridgehead atoms. The summed E-state index contributed by atoms with van der Waals surface area (Å²) < 4.78 is 5.35. The smallest absolute Gasteiger partial charge is 0.227 e. The number of ether oxygens (including phenoxy) is 1. The Bertz CT molecular complexity index is 1170. The predicted molar refractivity (Wildman–Crippen MR) is 134 cm³/mol. The van der Waals surface area contributed by atoms with Crippen LogP contribution in [0.25, 0.3) is 10.8 Å². The van der Waals surface area contributed by atoms with Crippen LogP contribution in [0.3, 0.4) is 0 Å². The standard InChI is InChI=1S/C25H33N7O2/c1-15(2)18-12-28-24(32-10-6-16(32)3)19-13-27-23(11-17(18)19)29-22-5-8-26-25(30-22)31-9-7-21(34-4)20(33)14-31/h5,8,11-13,15-16,20-21,33H,6-7,9-10,14H2,1-4H3,(H,26,27,29,30)/t16-,20-,21+/m1/s1. The van der Waals surface area contributed by atoms with Gasteiger partial charge in [-0.15, -0.1) is 0 Å². The van der Waals surface area contributed by atoms with E-state index in [1.54, 1.807) is 13.3 Å². The van der Waals surface area contributed by atoms with E-state index in [1.807, 2.05) is 23.4 Å². The highest BCUT2D eigenvalue weighted by atomic mass is 16.5. The van der Waals surface area contributed by atoms with E-state index in [2.05, 4.69) is 47.0 Å². The van der Waals surface area contributed by atoms with Crippen molar-refractivity contribution in [2.45, 2.75) is 57.8 Å². The Morgan fingerprint density at radius 2 is 1.94 bits per heavy atom. The summed E-state index contributed by atoms with van der Waals surface area (Å²) in [5.41, 5.74) is 1.20. The number of rotatable bonds is 6. The average molecular weight is 464 g/mol. The quantitative estimate of drug-likeness (QED) is 0.569. The molecule has 3 aromatic heterocycles. The van der Waals surface area contributed by atoms with E-state index >= 15 is 0 Å². The molecular formula is C25H33N7O2. The number of fused-ring (bicyclic) bond motifs is 1. The van der Waals surface area contributed by atoms with Crippen LogP contribution in [0.1, 0.15) is 45.1 Å². The molecule has 0 aromatic carbocycles. The van der Waals surface area contributed by atoms with Crippen molar-refractivity contribution in [2.24, 2.45) is 0 Å². The molecule has 5 rings (SSSR count). The third-order valence-corrected chi connectivity index (χ3v) is 7.00. The minimum absolute atomic E-state index is 0.145. The molecule has 9 heteroatoms. The molecule has 0 amide bonds. The number of nitrogens with zero attached hydrogens (tertiary/aromatic N) is 6. The van der Waals surface area contributed by atoms with Crippen molar-refractivity contribution in [1.29, 1.82) is 0 Å². The van der Waals surface area contributed by atoms with E-state index in [0.29, 0.717) is 30.3 Å². The summed E-state index contributed by atoms with van der Waals surface area (Å²) in [6, 6.07) is 4.43. The van der Waals surface area contributed by atoms with Gasteiger partial charge in [0.25, 0.3) is 0 Å². The van der Waals surface area contributed by atoms with Crippen LogP contribution in [0.4, 0.5) is 23.4 Å². The van der Waals surface area contributed by atoms with E-state index in [1.165, 1.54) is 12.0 Å². The number of pyridine rings is 2.